The molecule has 1 heterocycles. The summed E-state index contributed by atoms with van der Waals surface area (Å²) < 4.78 is 38.0. The molecule has 0 spiro atoms. The van der Waals surface area contributed by atoms with E-state index in [2.05, 4.69) is 5.32 Å². The highest BCUT2D eigenvalue weighted by Gasteiger charge is 2.32. The van der Waals surface area contributed by atoms with Gasteiger partial charge >= 0.3 is 12.2 Å². The van der Waals surface area contributed by atoms with Crippen LogP contribution in [0.2, 0.25) is 0 Å². The Balaban J connectivity index is 2.36. The molecule has 1 aliphatic rings. The third-order valence-electron chi connectivity index (χ3n) is 2.76. The average Bonchev–Trinajstić information content (AvgIpc) is 2.38. The van der Waals surface area contributed by atoms with Crippen LogP contribution in [-0.4, -0.2) is 17.5 Å². The predicted molar refractivity (Wildman–Crippen MR) is 62.8 cm³/mol. The maximum atomic E-state index is 12.7. The molecule has 2 amide bonds. The first kappa shape index (κ1) is 13.4. The quantitative estimate of drug-likeness (QED) is 0.822. The summed E-state index contributed by atoms with van der Waals surface area (Å²) in [6.07, 6.45) is -1.98. The van der Waals surface area contributed by atoms with Crippen molar-refractivity contribution < 1.29 is 18.0 Å². The van der Waals surface area contributed by atoms with E-state index in [1.807, 2.05) is 0 Å². The highest BCUT2D eigenvalue weighted by Crippen LogP contribution is 2.31. The van der Waals surface area contributed by atoms with Crippen LogP contribution in [0.1, 0.15) is 17.3 Å². The largest absolute Gasteiger partial charge is 0.416 e. The lowest BCUT2D eigenvalue weighted by Gasteiger charge is -2.31. The summed E-state index contributed by atoms with van der Waals surface area (Å²) in [5.41, 5.74) is 4.77. The predicted octanol–water partition coefficient (Wildman–Crippen LogP) is 2.20. The number of urea groups is 1. The summed E-state index contributed by atoms with van der Waals surface area (Å²) >= 11 is 0. The van der Waals surface area contributed by atoms with E-state index in [9.17, 15) is 18.0 Å². The molecule has 1 atom stereocenters. The zero-order chi connectivity index (χ0) is 14.0. The number of hydrogen-bond acceptors (Lipinski definition) is 2. The minimum Gasteiger partial charge on any atom is -0.351 e. The molecule has 1 aromatic rings. The Morgan fingerprint density at radius 1 is 1.42 bits per heavy atom. The van der Waals surface area contributed by atoms with Gasteiger partial charge in [0.2, 0.25) is 0 Å². The van der Waals surface area contributed by atoms with Crippen molar-refractivity contribution in [1.82, 2.24) is 10.2 Å². The number of nitrogens with two attached hydrogens (primary N) is 1. The molecular formula is C12H12F3N3O. The van der Waals surface area contributed by atoms with Gasteiger partial charge in [-0.25, -0.2) is 4.79 Å². The fraction of sp³-hybridized carbons (Fsp3) is 0.250. The molecule has 0 saturated heterocycles. The molecule has 2 rings (SSSR count). The van der Waals surface area contributed by atoms with Crippen molar-refractivity contribution in [1.29, 1.82) is 0 Å². The van der Waals surface area contributed by atoms with Gasteiger partial charge in [0, 0.05) is 12.7 Å². The van der Waals surface area contributed by atoms with Crippen LogP contribution < -0.4 is 11.1 Å². The molecule has 1 aromatic carbocycles. The number of benzene rings is 1. The second kappa shape index (κ2) is 4.93. The highest BCUT2D eigenvalue weighted by molar-refractivity contribution is 5.74. The topological polar surface area (TPSA) is 58.4 Å². The van der Waals surface area contributed by atoms with E-state index in [1.54, 1.807) is 6.08 Å². The third-order valence-corrected chi connectivity index (χ3v) is 2.76. The van der Waals surface area contributed by atoms with E-state index in [4.69, 9.17) is 5.73 Å². The summed E-state index contributed by atoms with van der Waals surface area (Å²) in [7, 11) is 0. The maximum absolute atomic E-state index is 12.7. The third kappa shape index (κ3) is 2.87. The summed E-state index contributed by atoms with van der Waals surface area (Å²) in [5.74, 6) is 0. The van der Waals surface area contributed by atoms with E-state index in [0.717, 1.165) is 17.0 Å². The smallest absolute Gasteiger partial charge is 0.351 e. The molecule has 0 saturated carbocycles. The summed E-state index contributed by atoms with van der Waals surface area (Å²) in [5, 5.41) is 2.92. The standard InChI is InChI=1S/C12H12F3N3O/c13-12(14,15)9-4-1-3-8(7-9)10-17-5-2-6-18(10)11(16)19/h1-4,6-7,10,17H,5H2,(H2,16,19). The molecule has 0 aromatic heterocycles. The number of amides is 2. The Hall–Kier alpha value is -2.02. The monoisotopic (exact) mass is 271 g/mol. The van der Waals surface area contributed by atoms with Gasteiger partial charge in [-0.2, -0.15) is 13.2 Å². The Labute approximate surface area is 107 Å². The van der Waals surface area contributed by atoms with Gasteiger partial charge in [-0.1, -0.05) is 18.2 Å². The van der Waals surface area contributed by atoms with Crippen molar-refractivity contribution in [2.45, 2.75) is 12.3 Å². The van der Waals surface area contributed by atoms with Crippen molar-refractivity contribution in [2.75, 3.05) is 6.54 Å². The van der Waals surface area contributed by atoms with Crippen LogP contribution >= 0.6 is 0 Å². The van der Waals surface area contributed by atoms with E-state index in [0.29, 0.717) is 12.1 Å². The fourth-order valence-corrected chi connectivity index (χ4v) is 1.89. The number of hydrogen-bond donors (Lipinski definition) is 2. The number of nitrogens with one attached hydrogen (secondary N) is 1. The van der Waals surface area contributed by atoms with Gasteiger partial charge in [-0.15, -0.1) is 0 Å². The molecule has 3 N–H and O–H groups in total. The number of halogens is 3. The first-order valence-corrected chi connectivity index (χ1v) is 5.54. The number of nitrogens with zero attached hydrogens (tertiary/aromatic N) is 1. The van der Waals surface area contributed by atoms with Crippen LogP contribution in [-0.2, 0) is 6.18 Å². The van der Waals surface area contributed by atoms with E-state index in [-0.39, 0.29) is 0 Å². The van der Waals surface area contributed by atoms with Crippen molar-refractivity contribution in [3.05, 3.63) is 47.7 Å². The lowest BCUT2D eigenvalue weighted by atomic mass is 10.1. The zero-order valence-corrected chi connectivity index (χ0v) is 9.82. The molecule has 7 heteroatoms. The molecular weight excluding hydrogens is 259 g/mol. The lowest BCUT2D eigenvalue weighted by Crippen LogP contribution is -2.44. The maximum Gasteiger partial charge on any atom is 0.416 e. The second-order valence-corrected chi connectivity index (χ2v) is 4.06. The van der Waals surface area contributed by atoms with Crippen LogP contribution in [0.3, 0.4) is 0 Å². The summed E-state index contributed by atoms with van der Waals surface area (Å²) in [6.45, 7) is 0.449. The van der Waals surface area contributed by atoms with Gasteiger partial charge < -0.3 is 5.73 Å². The van der Waals surface area contributed by atoms with Crippen LogP contribution in [0.15, 0.2) is 36.5 Å². The number of alkyl halides is 3. The van der Waals surface area contributed by atoms with Crippen LogP contribution in [0.25, 0.3) is 0 Å². The van der Waals surface area contributed by atoms with Crippen molar-refractivity contribution in [3.63, 3.8) is 0 Å². The average molecular weight is 271 g/mol. The van der Waals surface area contributed by atoms with Crippen molar-refractivity contribution in [3.8, 4) is 0 Å². The van der Waals surface area contributed by atoms with Gasteiger partial charge in [0.1, 0.15) is 6.17 Å². The molecule has 0 fully saturated rings. The van der Waals surface area contributed by atoms with E-state index in [1.165, 1.54) is 18.3 Å². The normalized spacial score (nSPS) is 19.5. The van der Waals surface area contributed by atoms with Gasteiger partial charge in [0.05, 0.1) is 5.56 Å². The molecule has 19 heavy (non-hydrogen) atoms. The van der Waals surface area contributed by atoms with Gasteiger partial charge in [0.15, 0.2) is 0 Å². The summed E-state index contributed by atoms with van der Waals surface area (Å²) in [6, 6.07) is 4.08. The molecule has 102 valence electrons. The Morgan fingerprint density at radius 2 is 2.16 bits per heavy atom. The van der Waals surface area contributed by atoms with Crippen LogP contribution in [0, 0.1) is 0 Å². The van der Waals surface area contributed by atoms with Crippen molar-refractivity contribution in [2.24, 2.45) is 5.73 Å². The number of rotatable bonds is 1. The Bertz CT molecular complexity index is 513. The first-order chi connectivity index (χ1) is 8.89. The number of primary amides is 1. The van der Waals surface area contributed by atoms with Gasteiger partial charge in [0.25, 0.3) is 0 Å². The molecule has 0 bridgehead atoms. The Kier molecular flexibility index (Phi) is 3.48. The first-order valence-electron chi connectivity index (χ1n) is 5.54. The van der Waals surface area contributed by atoms with E-state index < -0.39 is 23.9 Å². The van der Waals surface area contributed by atoms with Gasteiger partial charge in [-0.3, -0.25) is 10.2 Å². The number of carbonyl (C=O) groups excluding carboxylic acids is 1. The molecule has 1 aliphatic heterocycles. The minimum absolute atomic E-state index is 0.331. The van der Waals surface area contributed by atoms with E-state index >= 15 is 0 Å². The minimum atomic E-state index is -4.42. The van der Waals surface area contributed by atoms with Crippen LogP contribution in [0.5, 0.6) is 0 Å². The summed E-state index contributed by atoms with van der Waals surface area (Å²) in [4.78, 5) is 12.4. The molecule has 1 unspecified atom stereocenters. The van der Waals surface area contributed by atoms with Crippen LogP contribution in [0.4, 0.5) is 18.0 Å². The second-order valence-electron chi connectivity index (χ2n) is 4.06. The Morgan fingerprint density at radius 3 is 2.79 bits per heavy atom. The number of carbonyl (C=O) groups is 1. The lowest BCUT2D eigenvalue weighted by molar-refractivity contribution is -0.137. The SMILES string of the molecule is NC(=O)N1C=CCNC1c1cccc(C(F)(F)F)c1. The molecule has 0 radical (unpaired) electrons. The molecule has 0 aliphatic carbocycles. The molecule has 4 nitrogen and oxygen atoms in total. The van der Waals surface area contributed by atoms with Gasteiger partial charge in [-0.05, 0) is 17.7 Å². The van der Waals surface area contributed by atoms with Crippen molar-refractivity contribution >= 4 is 6.03 Å². The highest BCUT2D eigenvalue weighted by atomic mass is 19.4. The fourth-order valence-electron chi connectivity index (χ4n) is 1.89. The zero-order valence-electron chi connectivity index (χ0n) is 9.82.